The van der Waals surface area contributed by atoms with Crippen molar-refractivity contribution < 1.29 is 9.47 Å². The summed E-state index contributed by atoms with van der Waals surface area (Å²) in [6, 6.07) is 6.55. The predicted octanol–water partition coefficient (Wildman–Crippen LogP) is 3.04. The standard InChI is InChI=1S/C21H25N5O2/c1-2-16(11-22-7-1)28-20-13-23-12-19(24-20)21-17-10-15(3-4-18(17)25-26-21)14-5-8-27-9-6-14/h3-4,10,12-14,16,22H,1-2,5-9,11H2,(H,25,26). The van der Waals surface area contributed by atoms with Crippen LogP contribution in [0.2, 0.25) is 0 Å². The average Bonchev–Trinajstić information content (AvgIpc) is 3.19. The van der Waals surface area contributed by atoms with Crippen LogP contribution in [-0.2, 0) is 4.74 Å². The Bertz CT molecular complexity index is 945. The Labute approximate surface area is 163 Å². The van der Waals surface area contributed by atoms with Crippen molar-refractivity contribution in [1.29, 1.82) is 0 Å². The van der Waals surface area contributed by atoms with Crippen LogP contribution in [0.15, 0.2) is 30.6 Å². The number of rotatable bonds is 4. The Kier molecular flexibility index (Phi) is 4.93. The van der Waals surface area contributed by atoms with Crippen molar-refractivity contribution in [2.24, 2.45) is 0 Å². The molecule has 0 aliphatic carbocycles. The third kappa shape index (κ3) is 3.59. The van der Waals surface area contributed by atoms with Gasteiger partial charge in [-0.25, -0.2) is 4.98 Å². The van der Waals surface area contributed by atoms with Gasteiger partial charge in [-0.2, -0.15) is 5.10 Å². The molecule has 0 spiro atoms. The zero-order valence-electron chi connectivity index (χ0n) is 15.9. The van der Waals surface area contributed by atoms with Gasteiger partial charge in [-0.05, 0) is 55.8 Å². The molecule has 2 aliphatic rings. The van der Waals surface area contributed by atoms with Gasteiger partial charge in [0.1, 0.15) is 17.5 Å². The van der Waals surface area contributed by atoms with Crippen LogP contribution in [0.25, 0.3) is 22.3 Å². The molecule has 2 saturated heterocycles. The molecule has 4 heterocycles. The molecular weight excluding hydrogens is 354 g/mol. The minimum atomic E-state index is 0.148. The van der Waals surface area contributed by atoms with Gasteiger partial charge in [0.05, 0.1) is 17.9 Å². The van der Waals surface area contributed by atoms with Gasteiger partial charge in [-0.3, -0.25) is 10.1 Å². The zero-order valence-corrected chi connectivity index (χ0v) is 15.9. The molecule has 2 fully saturated rings. The van der Waals surface area contributed by atoms with Crippen LogP contribution in [0, 0.1) is 0 Å². The van der Waals surface area contributed by atoms with E-state index in [1.807, 2.05) is 0 Å². The van der Waals surface area contributed by atoms with E-state index in [1.54, 1.807) is 12.4 Å². The highest BCUT2D eigenvalue weighted by atomic mass is 16.5. The third-order valence-electron chi connectivity index (χ3n) is 5.67. The van der Waals surface area contributed by atoms with Gasteiger partial charge in [-0.15, -0.1) is 0 Å². The lowest BCUT2D eigenvalue weighted by Crippen LogP contribution is -2.37. The van der Waals surface area contributed by atoms with E-state index in [4.69, 9.17) is 9.47 Å². The third-order valence-corrected chi connectivity index (χ3v) is 5.67. The Morgan fingerprint density at radius 1 is 1.11 bits per heavy atom. The minimum Gasteiger partial charge on any atom is -0.472 e. The molecule has 5 rings (SSSR count). The Morgan fingerprint density at radius 3 is 2.89 bits per heavy atom. The van der Waals surface area contributed by atoms with E-state index in [2.05, 4.69) is 43.7 Å². The Morgan fingerprint density at radius 2 is 2.04 bits per heavy atom. The number of fused-ring (bicyclic) bond motifs is 1. The summed E-state index contributed by atoms with van der Waals surface area (Å²) in [5.74, 6) is 1.10. The second-order valence-corrected chi connectivity index (χ2v) is 7.59. The molecule has 1 unspecified atom stereocenters. The summed E-state index contributed by atoms with van der Waals surface area (Å²) < 4.78 is 11.5. The van der Waals surface area contributed by atoms with E-state index in [1.165, 1.54) is 5.56 Å². The minimum absolute atomic E-state index is 0.148. The van der Waals surface area contributed by atoms with Crippen molar-refractivity contribution in [2.75, 3.05) is 26.3 Å². The van der Waals surface area contributed by atoms with Crippen molar-refractivity contribution in [3.8, 4) is 17.3 Å². The molecular formula is C21H25N5O2. The van der Waals surface area contributed by atoms with Gasteiger partial charge < -0.3 is 14.8 Å². The van der Waals surface area contributed by atoms with E-state index < -0.39 is 0 Å². The number of H-pyrrole nitrogens is 1. The maximum absolute atomic E-state index is 6.04. The largest absolute Gasteiger partial charge is 0.472 e. The van der Waals surface area contributed by atoms with Gasteiger partial charge in [0.25, 0.3) is 0 Å². The van der Waals surface area contributed by atoms with Crippen molar-refractivity contribution in [2.45, 2.75) is 37.7 Å². The second-order valence-electron chi connectivity index (χ2n) is 7.59. The number of hydrogen-bond donors (Lipinski definition) is 2. The monoisotopic (exact) mass is 379 g/mol. The molecule has 1 atom stereocenters. The summed E-state index contributed by atoms with van der Waals surface area (Å²) in [4.78, 5) is 9.03. The normalized spacial score (nSPS) is 21.1. The van der Waals surface area contributed by atoms with Crippen LogP contribution in [0.4, 0.5) is 0 Å². The van der Waals surface area contributed by atoms with E-state index in [0.29, 0.717) is 11.8 Å². The summed E-state index contributed by atoms with van der Waals surface area (Å²) in [5, 5.41) is 12.1. The lowest BCUT2D eigenvalue weighted by Gasteiger charge is -2.23. The Balaban J connectivity index is 1.44. The van der Waals surface area contributed by atoms with Gasteiger partial charge in [-0.1, -0.05) is 6.07 Å². The van der Waals surface area contributed by atoms with Crippen LogP contribution in [0.3, 0.4) is 0 Å². The number of benzene rings is 1. The first kappa shape index (κ1) is 17.6. The average molecular weight is 379 g/mol. The summed E-state index contributed by atoms with van der Waals surface area (Å²) in [5.41, 5.74) is 3.91. The first-order chi connectivity index (χ1) is 13.9. The summed E-state index contributed by atoms with van der Waals surface area (Å²) in [7, 11) is 0. The van der Waals surface area contributed by atoms with Crippen LogP contribution in [0.5, 0.6) is 5.88 Å². The molecule has 0 bridgehead atoms. The van der Waals surface area contributed by atoms with E-state index >= 15 is 0 Å². The summed E-state index contributed by atoms with van der Waals surface area (Å²) in [6.45, 7) is 3.58. The number of nitrogens with zero attached hydrogens (tertiary/aromatic N) is 3. The molecule has 0 saturated carbocycles. The molecule has 2 aliphatic heterocycles. The predicted molar refractivity (Wildman–Crippen MR) is 106 cm³/mol. The number of aromatic amines is 1. The number of hydrogen-bond acceptors (Lipinski definition) is 6. The van der Waals surface area contributed by atoms with Gasteiger partial charge >= 0.3 is 0 Å². The number of aromatic nitrogens is 4. The zero-order chi connectivity index (χ0) is 18.8. The van der Waals surface area contributed by atoms with Crippen molar-refractivity contribution in [3.63, 3.8) is 0 Å². The fraction of sp³-hybridized carbons (Fsp3) is 0.476. The first-order valence-electron chi connectivity index (χ1n) is 10.1. The molecule has 0 amide bonds. The molecule has 2 aromatic heterocycles. The van der Waals surface area contributed by atoms with Crippen LogP contribution in [0.1, 0.15) is 37.2 Å². The molecule has 3 aromatic rings. The summed E-state index contributed by atoms with van der Waals surface area (Å²) >= 11 is 0. The van der Waals surface area contributed by atoms with Crippen LogP contribution >= 0.6 is 0 Å². The molecule has 146 valence electrons. The molecule has 1 aromatic carbocycles. The topological polar surface area (TPSA) is 85.0 Å². The number of ether oxygens (including phenoxy) is 2. The number of piperidine rings is 1. The molecule has 28 heavy (non-hydrogen) atoms. The highest BCUT2D eigenvalue weighted by Crippen LogP contribution is 2.32. The Hall–Kier alpha value is -2.51. The summed E-state index contributed by atoms with van der Waals surface area (Å²) in [6.07, 6.45) is 7.88. The van der Waals surface area contributed by atoms with Crippen molar-refractivity contribution in [3.05, 3.63) is 36.2 Å². The maximum atomic E-state index is 6.04. The quantitative estimate of drug-likeness (QED) is 0.725. The maximum Gasteiger partial charge on any atom is 0.233 e. The smallest absolute Gasteiger partial charge is 0.233 e. The molecule has 7 heteroatoms. The highest BCUT2D eigenvalue weighted by molar-refractivity contribution is 5.92. The van der Waals surface area contributed by atoms with E-state index in [9.17, 15) is 0 Å². The fourth-order valence-corrected chi connectivity index (χ4v) is 4.12. The lowest BCUT2D eigenvalue weighted by atomic mass is 9.91. The second kappa shape index (κ2) is 7.85. The molecule has 2 N–H and O–H groups in total. The van der Waals surface area contributed by atoms with Crippen molar-refractivity contribution in [1.82, 2.24) is 25.5 Å². The SMILES string of the molecule is c1cc2[nH]nc(-c3cncc(OC4CCCNC4)n3)c2cc1C1CCOCC1. The lowest BCUT2D eigenvalue weighted by molar-refractivity contribution is 0.0853. The van der Waals surface area contributed by atoms with E-state index in [0.717, 1.165) is 74.3 Å². The van der Waals surface area contributed by atoms with E-state index in [-0.39, 0.29) is 6.10 Å². The van der Waals surface area contributed by atoms with Crippen LogP contribution < -0.4 is 10.1 Å². The highest BCUT2D eigenvalue weighted by Gasteiger charge is 2.19. The van der Waals surface area contributed by atoms with Crippen LogP contribution in [-0.4, -0.2) is 52.6 Å². The van der Waals surface area contributed by atoms with Gasteiger partial charge in [0.15, 0.2) is 0 Å². The number of nitrogens with one attached hydrogen (secondary N) is 2. The molecule has 7 nitrogen and oxygen atoms in total. The fourth-order valence-electron chi connectivity index (χ4n) is 4.12. The van der Waals surface area contributed by atoms with Gasteiger partial charge in [0, 0.05) is 25.1 Å². The molecule has 0 radical (unpaired) electrons. The van der Waals surface area contributed by atoms with Crippen molar-refractivity contribution >= 4 is 10.9 Å². The van der Waals surface area contributed by atoms with Gasteiger partial charge in [0.2, 0.25) is 5.88 Å². The first-order valence-corrected chi connectivity index (χ1v) is 10.1.